The molecule has 0 unspecified atom stereocenters. The van der Waals surface area contributed by atoms with Crippen LogP contribution in [0.5, 0.6) is 0 Å². The number of carbonyl (C=O) groups excluding carboxylic acids is 1. The van der Waals surface area contributed by atoms with Crippen LogP contribution in [0.3, 0.4) is 0 Å². The molecule has 0 aliphatic carbocycles. The van der Waals surface area contributed by atoms with Gasteiger partial charge in [0.25, 0.3) is 5.91 Å². The first-order valence-corrected chi connectivity index (χ1v) is 7.01. The SMILES string of the molecule is Cc1cc(C=C2C(=O)Nc3ccc(Br)cc32)[nH]c1C(=O)O. The molecule has 106 valence electrons. The van der Waals surface area contributed by atoms with Gasteiger partial charge in [0.2, 0.25) is 0 Å². The van der Waals surface area contributed by atoms with Gasteiger partial charge in [0.15, 0.2) is 0 Å². The molecule has 0 saturated heterocycles. The van der Waals surface area contributed by atoms with E-state index in [-0.39, 0.29) is 11.6 Å². The van der Waals surface area contributed by atoms with Crippen molar-refractivity contribution in [3.05, 3.63) is 51.3 Å². The molecule has 2 heterocycles. The van der Waals surface area contributed by atoms with Crippen LogP contribution in [0.25, 0.3) is 11.6 Å². The van der Waals surface area contributed by atoms with Gasteiger partial charge in [-0.15, -0.1) is 0 Å². The number of carbonyl (C=O) groups is 2. The molecular weight excluding hydrogens is 336 g/mol. The number of aryl methyl sites for hydroxylation is 1. The first-order chi connectivity index (χ1) is 9.95. The molecule has 0 spiro atoms. The summed E-state index contributed by atoms with van der Waals surface area (Å²) in [6.07, 6.45) is 1.66. The fourth-order valence-electron chi connectivity index (χ4n) is 2.34. The van der Waals surface area contributed by atoms with Crippen molar-refractivity contribution in [3.8, 4) is 0 Å². The highest BCUT2D eigenvalue weighted by Gasteiger charge is 2.24. The predicted octanol–water partition coefficient (Wildman–Crippen LogP) is 3.28. The predicted molar refractivity (Wildman–Crippen MR) is 83.1 cm³/mol. The van der Waals surface area contributed by atoms with Crippen LogP contribution in [-0.2, 0) is 4.79 Å². The maximum absolute atomic E-state index is 12.0. The molecule has 2 aromatic rings. The molecule has 5 nitrogen and oxygen atoms in total. The molecule has 1 aromatic carbocycles. The Morgan fingerprint density at radius 3 is 2.76 bits per heavy atom. The number of nitrogens with one attached hydrogen (secondary N) is 2. The number of amides is 1. The van der Waals surface area contributed by atoms with Gasteiger partial charge in [0.05, 0.1) is 5.57 Å². The maximum atomic E-state index is 12.0. The second kappa shape index (κ2) is 4.89. The third-order valence-corrected chi connectivity index (χ3v) is 3.81. The Hall–Kier alpha value is -2.34. The lowest BCUT2D eigenvalue weighted by Gasteiger charge is -1.98. The quantitative estimate of drug-likeness (QED) is 0.729. The summed E-state index contributed by atoms with van der Waals surface area (Å²) in [6, 6.07) is 7.23. The van der Waals surface area contributed by atoms with Gasteiger partial charge in [-0.2, -0.15) is 0 Å². The highest BCUT2D eigenvalue weighted by molar-refractivity contribution is 9.10. The molecule has 3 N–H and O–H groups in total. The average Bonchev–Trinajstić information content (AvgIpc) is 2.92. The van der Waals surface area contributed by atoms with Crippen molar-refractivity contribution in [2.75, 3.05) is 5.32 Å². The number of rotatable bonds is 2. The van der Waals surface area contributed by atoms with Gasteiger partial charge in [-0.05, 0) is 42.8 Å². The molecule has 1 aliphatic heterocycles. The molecule has 0 atom stereocenters. The van der Waals surface area contributed by atoms with Crippen molar-refractivity contribution in [2.24, 2.45) is 0 Å². The number of fused-ring (bicyclic) bond motifs is 1. The molecule has 0 radical (unpaired) electrons. The average molecular weight is 347 g/mol. The Bertz CT molecular complexity index is 805. The Balaban J connectivity index is 2.08. The standard InChI is InChI=1S/C15H11BrN2O3/c1-7-4-9(17-13(7)15(20)21)6-11-10-5-8(16)2-3-12(10)18-14(11)19/h2-6,17H,1H3,(H,18,19)(H,20,21). The number of aromatic nitrogens is 1. The Morgan fingerprint density at radius 1 is 1.33 bits per heavy atom. The molecule has 0 saturated carbocycles. The third kappa shape index (κ3) is 2.38. The number of halogens is 1. The van der Waals surface area contributed by atoms with Crippen molar-refractivity contribution in [1.82, 2.24) is 4.98 Å². The molecule has 0 bridgehead atoms. The van der Waals surface area contributed by atoms with Gasteiger partial charge >= 0.3 is 5.97 Å². The van der Waals surface area contributed by atoms with Gasteiger partial charge in [-0.25, -0.2) is 4.79 Å². The van der Waals surface area contributed by atoms with E-state index >= 15 is 0 Å². The summed E-state index contributed by atoms with van der Waals surface area (Å²) >= 11 is 3.38. The number of carboxylic acids is 1. The van der Waals surface area contributed by atoms with E-state index in [0.29, 0.717) is 16.8 Å². The minimum Gasteiger partial charge on any atom is -0.477 e. The summed E-state index contributed by atoms with van der Waals surface area (Å²) in [5.41, 5.74) is 3.39. The van der Waals surface area contributed by atoms with Crippen LogP contribution in [0, 0.1) is 6.92 Å². The minimum atomic E-state index is -1.02. The second-order valence-electron chi connectivity index (χ2n) is 4.79. The zero-order valence-electron chi connectivity index (χ0n) is 11.0. The molecule has 3 rings (SSSR count). The third-order valence-electron chi connectivity index (χ3n) is 3.31. The first-order valence-electron chi connectivity index (χ1n) is 6.21. The summed E-state index contributed by atoms with van der Waals surface area (Å²) in [6.45, 7) is 1.71. The second-order valence-corrected chi connectivity index (χ2v) is 5.71. The van der Waals surface area contributed by atoms with E-state index in [9.17, 15) is 9.59 Å². The Morgan fingerprint density at radius 2 is 2.10 bits per heavy atom. The number of aromatic carboxylic acids is 1. The maximum Gasteiger partial charge on any atom is 0.352 e. The van der Waals surface area contributed by atoms with E-state index in [2.05, 4.69) is 26.2 Å². The fraction of sp³-hybridized carbons (Fsp3) is 0.0667. The highest BCUT2D eigenvalue weighted by Crippen LogP contribution is 2.35. The van der Waals surface area contributed by atoms with Crippen LogP contribution in [0.4, 0.5) is 5.69 Å². The monoisotopic (exact) mass is 346 g/mol. The molecule has 1 amide bonds. The van der Waals surface area contributed by atoms with E-state index in [1.807, 2.05) is 18.2 Å². The van der Waals surface area contributed by atoms with Crippen molar-refractivity contribution in [2.45, 2.75) is 6.92 Å². The van der Waals surface area contributed by atoms with Gasteiger partial charge < -0.3 is 15.4 Å². The normalized spacial score (nSPS) is 15.1. The summed E-state index contributed by atoms with van der Waals surface area (Å²) in [5.74, 6) is -1.22. The molecule has 21 heavy (non-hydrogen) atoms. The number of anilines is 1. The van der Waals surface area contributed by atoms with E-state index < -0.39 is 5.97 Å². The van der Waals surface area contributed by atoms with Crippen LogP contribution < -0.4 is 5.32 Å². The van der Waals surface area contributed by atoms with E-state index in [1.165, 1.54) is 0 Å². The van der Waals surface area contributed by atoms with E-state index in [1.54, 1.807) is 19.1 Å². The topological polar surface area (TPSA) is 82.2 Å². The first kappa shape index (κ1) is 13.6. The van der Waals surface area contributed by atoms with Crippen LogP contribution in [0.15, 0.2) is 28.7 Å². The lowest BCUT2D eigenvalue weighted by Crippen LogP contribution is -2.03. The summed E-state index contributed by atoms with van der Waals surface area (Å²) in [4.78, 5) is 25.9. The van der Waals surface area contributed by atoms with Crippen molar-refractivity contribution in [1.29, 1.82) is 0 Å². The molecule has 6 heteroatoms. The zero-order valence-corrected chi connectivity index (χ0v) is 12.6. The smallest absolute Gasteiger partial charge is 0.352 e. The van der Waals surface area contributed by atoms with Crippen molar-refractivity contribution >= 4 is 45.1 Å². The van der Waals surface area contributed by atoms with Crippen LogP contribution in [0.1, 0.15) is 27.3 Å². The lowest BCUT2D eigenvalue weighted by atomic mass is 10.1. The van der Waals surface area contributed by atoms with Gasteiger partial charge in [0.1, 0.15) is 5.69 Å². The van der Waals surface area contributed by atoms with Gasteiger partial charge in [0, 0.05) is 21.4 Å². The number of aromatic amines is 1. The molecular formula is C15H11BrN2O3. The largest absolute Gasteiger partial charge is 0.477 e. The minimum absolute atomic E-state index is 0.134. The molecule has 0 fully saturated rings. The molecule has 1 aromatic heterocycles. The Kier molecular flexibility index (Phi) is 3.17. The number of hydrogen-bond donors (Lipinski definition) is 3. The fourth-order valence-corrected chi connectivity index (χ4v) is 2.70. The van der Waals surface area contributed by atoms with Crippen LogP contribution in [0.2, 0.25) is 0 Å². The van der Waals surface area contributed by atoms with E-state index in [0.717, 1.165) is 15.7 Å². The summed E-state index contributed by atoms with van der Waals surface area (Å²) < 4.78 is 0.873. The van der Waals surface area contributed by atoms with Crippen LogP contribution >= 0.6 is 15.9 Å². The number of benzene rings is 1. The van der Waals surface area contributed by atoms with Gasteiger partial charge in [-0.1, -0.05) is 15.9 Å². The van der Waals surface area contributed by atoms with Crippen LogP contribution in [-0.4, -0.2) is 22.0 Å². The Labute approximate surface area is 128 Å². The van der Waals surface area contributed by atoms with Crippen molar-refractivity contribution < 1.29 is 14.7 Å². The number of hydrogen-bond acceptors (Lipinski definition) is 2. The summed E-state index contributed by atoms with van der Waals surface area (Å²) in [7, 11) is 0. The number of carboxylic acid groups (broad SMARTS) is 1. The van der Waals surface area contributed by atoms with Crippen molar-refractivity contribution in [3.63, 3.8) is 0 Å². The highest BCUT2D eigenvalue weighted by atomic mass is 79.9. The van der Waals surface area contributed by atoms with E-state index in [4.69, 9.17) is 5.11 Å². The van der Waals surface area contributed by atoms with Gasteiger partial charge in [-0.3, -0.25) is 4.79 Å². The lowest BCUT2D eigenvalue weighted by molar-refractivity contribution is -0.110. The molecule has 1 aliphatic rings. The zero-order chi connectivity index (χ0) is 15.1. The summed E-state index contributed by atoms with van der Waals surface area (Å²) in [5, 5.41) is 11.8. The number of H-pyrrole nitrogens is 1.